The molecule has 3 aliphatic heterocycles. The summed E-state index contributed by atoms with van der Waals surface area (Å²) in [5.41, 5.74) is 1.45. The Bertz CT molecular complexity index is 1560. The molecule has 3 heterocycles. The lowest BCUT2D eigenvalue weighted by atomic mass is 9.59. The van der Waals surface area contributed by atoms with Crippen LogP contribution < -0.4 is 19.3 Å². The lowest BCUT2D eigenvalue weighted by Gasteiger charge is -2.62. The average molecular weight is 540 g/mol. The maximum atomic E-state index is 13.8. The van der Waals surface area contributed by atoms with Crippen molar-refractivity contribution in [1.82, 2.24) is 0 Å². The fraction of sp³-hybridized carbons (Fsp3) is 0.344. The molecule has 8 nitrogen and oxygen atoms in total. The molecule has 8 heteroatoms. The predicted molar refractivity (Wildman–Crippen MR) is 153 cm³/mol. The Morgan fingerprint density at radius 3 is 1.93 bits per heavy atom. The van der Waals surface area contributed by atoms with Crippen molar-refractivity contribution in [3.05, 3.63) is 77.9 Å². The number of carbonyl (C=O) groups excluding carboxylic acids is 2. The molecule has 0 saturated carbocycles. The van der Waals surface area contributed by atoms with E-state index in [0.29, 0.717) is 28.8 Å². The van der Waals surface area contributed by atoms with Crippen LogP contribution in [0.25, 0.3) is 0 Å². The van der Waals surface area contributed by atoms with Gasteiger partial charge in [0.25, 0.3) is 0 Å². The number of aryl methyl sites for hydroxylation is 1. The molecule has 2 fully saturated rings. The topological polar surface area (TPSA) is 80.7 Å². The van der Waals surface area contributed by atoms with Crippen LogP contribution in [-0.4, -0.2) is 38.2 Å². The highest BCUT2D eigenvalue weighted by atomic mass is 16.5. The molecule has 2 amide bonds. The van der Waals surface area contributed by atoms with Gasteiger partial charge in [-0.15, -0.1) is 0 Å². The Kier molecular flexibility index (Phi) is 5.56. The van der Waals surface area contributed by atoms with Gasteiger partial charge in [0.15, 0.2) is 11.8 Å². The summed E-state index contributed by atoms with van der Waals surface area (Å²) in [7, 11) is 3.21. The summed E-state index contributed by atoms with van der Waals surface area (Å²) in [5.74, 6) is 1.70. The van der Waals surface area contributed by atoms with Crippen molar-refractivity contribution >= 4 is 34.8 Å². The van der Waals surface area contributed by atoms with Crippen LogP contribution in [0.5, 0.6) is 11.5 Å². The maximum absolute atomic E-state index is 13.8. The molecule has 2 atom stereocenters. The Morgan fingerprint density at radius 1 is 0.775 bits per heavy atom. The molecule has 0 aliphatic carbocycles. The molecule has 3 aromatic rings. The van der Waals surface area contributed by atoms with E-state index in [1.165, 1.54) is 0 Å². The minimum atomic E-state index is -1.000. The van der Waals surface area contributed by atoms with E-state index in [1.807, 2.05) is 95.3 Å². The normalized spacial score (nSPS) is 23.8. The fourth-order valence-electron chi connectivity index (χ4n) is 6.21. The number of methoxy groups -OCH3 is 2. The maximum Gasteiger partial charge on any atom is 0.241 e. The minimum absolute atomic E-state index is 0.0423. The van der Waals surface area contributed by atoms with Crippen molar-refractivity contribution < 1.29 is 23.8 Å². The van der Waals surface area contributed by atoms with Crippen LogP contribution in [0.1, 0.15) is 38.8 Å². The molecule has 206 valence electrons. The van der Waals surface area contributed by atoms with E-state index in [9.17, 15) is 9.59 Å². The lowest BCUT2D eigenvalue weighted by molar-refractivity contribution is -0.151. The first-order valence-corrected chi connectivity index (χ1v) is 13.3. The summed E-state index contributed by atoms with van der Waals surface area (Å²) in [6, 6.07) is 20.8. The number of carbonyl (C=O) groups is 2. The summed E-state index contributed by atoms with van der Waals surface area (Å²) in [6.07, 6.45) is -0.636. The third-order valence-electron chi connectivity index (χ3n) is 8.58. The number of nitrogens with zero attached hydrogens (tertiary/aromatic N) is 3. The van der Waals surface area contributed by atoms with Gasteiger partial charge in [0, 0.05) is 16.9 Å². The summed E-state index contributed by atoms with van der Waals surface area (Å²) in [4.78, 5) is 35.6. The van der Waals surface area contributed by atoms with Crippen molar-refractivity contribution in [2.24, 2.45) is 15.8 Å². The second-order valence-corrected chi connectivity index (χ2v) is 11.7. The molecule has 3 aromatic carbocycles. The number of hydrogen-bond donors (Lipinski definition) is 0. The Hall–Kier alpha value is -4.33. The van der Waals surface area contributed by atoms with Crippen molar-refractivity contribution in [3.8, 4) is 11.5 Å². The molecular formula is C32H33N3O5. The second-order valence-electron chi connectivity index (χ2n) is 11.7. The average Bonchev–Trinajstić information content (AvgIpc) is 3.28. The SMILES string of the molecule is COc1ccc(N2C(=O)C(C)(C)[C@@H]2OC2=Nc3ccc(C)cc3[C@@]23N(c2ccc(OC)cc2)C(=O)C3(C)C)cc1. The second kappa shape index (κ2) is 8.58. The number of benzene rings is 3. The van der Waals surface area contributed by atoms with E-state index in [2.05, 4.69) is 6.07 Å². The largest absolute Gasteiger partial charge is 0.497 e. The van der Waals surface area contributed by atoms with Crippen LogP contribution in [0.2, 0.25) is 0 Å². The van der Waals surface area contributed by atoms with Crippen LogP contribution in [0, 0.1) is 17.8 Å². The Labute approximate surface area is 234 Å². The molecule has 0 aromatic heterocycles. The van der Waals surface area contributed by atoms with Crippen LogP contribution in [0.3, 0.4) is 0 Å². The number of rotatable bonds is 5. The van der Waals surface area contributed by atoms with Crippen LogP contribution in [0.4, 0.5) is 17.1 Å². The number of amides is 2. The molecule has 0 radical (unpaired) electrons. The molecule has 0 N–H and O–H groups in total. The van der Waals surface area contributed by atoms with E-state index < -0.39 is 22.6 Å². The first-order chi connectivity index (χ1) is 19.0. The van der Waals surface area contributed by atoms with Gasteiger partial charge in [-0.25, -0.2) is 4.99 Å². The number of hydrogen-bond acceptors (Lipinski definition) is 6. The zero-order valence-electron chi connectivity index (χ0n) is 23.8. The summed E-state index contributed by atoms with van der Waals surface area (Å²) < 4.78 is 17.5. The van der Waals surface area contributed by atoms with Gasteiger partial charge in [0.05, 0.1) is 25.3 Å². The molecular weight excluding hydrogens is 506 g/mol. The number of fused-ring (bicyclic) bond motifs is 2. The van der Waals surface area contributed by atoms with Gasteiger partial charge in [-0.2, -0.15) is 0 Å². The van der Waals surface area contributed by atoms with E-state index in [-0.39, 0.29) is 11.8 Å². The summed E-state index contributed by atoms with van der Waals surface area (Å²) >= 11 is 0. The van der Waals surface area contributed by atoms with Crippen molar-refractivity contribution in [1.29, 1.82) is 0 Å². The van der Waals surface area contributed by atoms with Crippen molar-refractivity contribution in [3.63, 3.8) is 0 Å². The van der Waals surface area contributed by atoms with Gasteiger partial charge < -0.3 is 14.2 Å². The minimum Gasteiger partial charge on any atom is -0.497 e. The quantitative estimate of drug-likeness (QED) is 0.386. The first kappa shape index (κ1) is 25.9. The van der Waals surface area contributed by atoms with Crippen LogP contribution in [-0.2, 0) is 19.9 Å². The standard InChI is InChI=1S/C32H33N3O5/c1-19-8-17-25-24(18-19)32(31(4,5)28(37)35(32)21-11-15-23(39-7)16-12-21)26(33-25)40-29-30(2,3)27(36)34(29)20-9-13-22(38-6)14-10-20/h8-18,29H,1-7H3/t29-,32+/m0/s1. The molecule has 2 saturated heterocycles. The number of ether oxygens (including phenoxy) is 3. The smallest absolute Gasteiger partial charge is 0.241 e. The molecule has 1 spiro atoms. The third kappa shape index (κ3) is 3.22. The van der Waals surface area contributed by atoms with Crippen molar-refractivity contribution in [2.75, 3.05) is 24.0 Å². The first-order valence-electron chi connectivity index (χ1n) is 13.3. The Balaban J connectivity index is 1.47. The van der Waals surface area contributed by atoms with Gasteiger partial charge in [-0.1, -0.05) is 17.7 Å². The van der Waals surface area contributed by atoms with Gasteiger partial charge in [-0.3, -0.25) is 19.4 Å². The summed E-state index contributed by atoms with van der Waals surface area (Å²) in [6.45, 7) is 9.64. The number of aliphatic imine (C=N–C) groups is 1. The van der Waals surface area contributed by atoms with Gasteiger partial charge in [0.2, 0.25) is 17.7 Å². The third-order valence-corrected chi connectivity index (χ3v) is 8.58. The van der Waals surface area contributed by atoms with Gasteiger partial charge >= 0.3 is 0 Å². The fourth-order valence-corrected chi connectivity index (χ4v) is 6.21. The van der Waals surface area contributed by atoms with E-state index in [0.717, 1.165) is 16.8 Å². The monoisotopic (exact) mass is 539 g/mol. The van der Waals surface area contributed by atoms with Crippen LogP contribution >= 0.6 is 0 Å². The van der Waals surface area contributed by atoms with Crippen LogP contribution in [0.15, 0.2) is 71.7 Å². The highest BCUT2D eigenvalue weighted by Gasteiger charge is 2.74. The number of β-lactam (4-membered cyclic amide) rings is 2. The predicted octanol–water partition coefficient (Wildman–Crippen LogP) is 5.74. The number of anilines is 2. The van der Waals surface area contributed by atoms with E-state index in [1.54, 1.807) is 24.0 Å². The molecule has 40 heavy (non-hydrogen) atoms. The molecule has 6 rings (SSSR count). The van der Waals surface area contributed by atoms with Gasteiger partial charge in [-0.05, 0) is 89.2 Å². The molecule has 3 aliphatic rings. The highest BCUT2D eigenvalue weighted by Crippen LogP contribution is 2.63. The Morgan fingerprint density at radius 2 is 1.35 bits per heavy atom. The zero-order valence-corrected chi connectivity index (χ0v) is 23.8. The van der Waals surface area contributed by atoms with E-state index >= 15 is 0 Å². The van der Waals surface area contributed by atoms with E-state index in [4.69, 9.17) is 19.2 Å². The summed E-state index contributed by atoms with van der Waals surface area (Å²) in [5, 5.41) is 0. The molecule has 0 bridgehead atoms. The highest BCUT2D eigenvalue weighted by molar-refractivity contribution is 6.20. The van der Waals surface area contributed by atoms with Crippen molar-refractivity contribution in [2.45, 2.75) is 46.4 Å². The zero-order chi connectivity index (χ0) is 28.6. The van der Waals surface area contributed by atoms with Gasteiger partial charge in [0.1, 0.15) is 16.9 Å². The molecule has 0 unspecified atom stereocenters. The lowest BCUT2D eigenvalue weighted by Crippen LogP contribution is -2.78.